The molecule has 3 N–H and O–H groups in total. The highest BCUT2D eigenvalue weighted by molar-refractivity contribution is 7.16. The summed E-state index contributed by atoms with van der Waals surface area (Å²) in [7, 11) is 0. The number of nitrogens with one attached hydrogen (secondary N) is 1. The third-order valence-electron chi connectivity index (χ3n) is 8.51. The van der Waals surface area contributed by atoms with Crippen LogP contribution in [0.5, 0.6) is 11.5 Å². The van der Waals surface area contributed by atoms with Gasteiger partial charge in [-0.25, -0.2) is 4.79 Å². The van der Waals surface area contributed by atoms with Crippen LogP contribution in [0.25, 0.3) is 10.2 Å². The minimum absolute atomic E-state index is 0.0668. The number of likely N-dealkylation sites (tertiary alicyclic amines) is 1. The van der Waals surface area contributed by atoms with Crippen LogP contribution in [0.4, 0.5) is 18.0 Å². The lowest BCUT2D eigenvalue weighted by Gasteiger charge is -2.47. The van der Waals surface area contributed by atoms with E-state index in [1.165, 1.54) is 17.0 Å². The summed E-state index contributed by atoms with van der Waals surface area (Å²) in [4.78, 5) is 43.5. The Labute approximate surface area is 285 Å². The molecular formula is C33H41F3N4O8S. The first-order valence-electron chi connectivity index (χ1n) is 16.0. The van der Waals surface area contributed by atoms with Gasteiger partial charge in [-0.15, -0.1) is 0 Å². The summed E-state index contributed by atoms with van der Waals surface area (Å²) in [5.74, 6) is -1.33. The zero-order chi connectivity index (χ0) is 35.6. The molecule has 2 aromatic carbocycles. The summed E-state index contributed by atoms with van der Waals surface area (Å²) >= 11 is 0.859. The number of ether oxygens (including phenoxy) is 3. The van der Waals surface area contributed by atoms with E-state index in [2.05, 4.69) is 9.88 Å². The van der Waals surface area contributed by atoms with Gasteiger partial charge < -0.3 is 39.2 Å². The monoisotopic (exact) mass is 710 g/mol. The van der Waals surface area contributed by atoms with Crippen molar-refractivity contribution >= 4 is 33.6 Å². The van der Waals surface area contributed by atoms with Crippen molar-refractivity contribution in [1.29, 1.82) is 0 Å². The number of aliphatic hydroxyl groups excluding tert-OH is 1. The van der Waals surface area contributed by atoms with Gasteiger partial charge in [0.15, 0.2) is 0 Å². The van der Waals surface area contributed by atoms with Crippen LogP contribution in [-0.2, 0) is 20.8 Å². The zero-order valence-corrected chi connectivity index (χ0v) is 28.4. The van der Waals surface area contributed by atoms with Crippen molar-refractivity contribution in [2.45, 2.75) is 63.6 Å². The second-order valence-corrected chi connectivity index (χ2v) is 14.3. The number of morpholine rings is 1. The fraction of sp³-hybridized carbons (Fsp3) is 0.545. The molecule has 3 heterocycles. The average molecular weight is 711 g/mol. The van der Waals surface area contributed by atoms with Crippen LogP contribution in [0.1, 0.15) is 50.8 Å². The van der Waals surface area contributed by atoms with Crippen molar-refractivity contribution < 1.29 is 47.2 Å². The van der Waals surface area contributed by atoms with E-state index in [-0.39, 0.29) is 48.9 Å². The minimum Gasteiger partial charge on any atom is -0.506 e. The first kappa shape index (κ1) is 36.4. The number of aliphatic hydroxyl groups is 1. The quantitative estimate of drug-likeness (QED) is 0.294. The molecule has 3 aromatic rings. The first-order chi connectivity index (χ1) is 23.0. The number of phenols is 1. The van der Waals surface area contributed by atoms with Gasteiger partial charge in [0.05, 0.1) is 36.1 Å². The molecule has 0 saturated carbocycles. The summed E-state index contributed by atoms with van der Waals surface area (Å²) in [6.45, 7) is 7.30. The Bertz CT molecular complexity index is 1680. The molecule has 49 heavy (non-hydrogen) atoms. The van der Waals surface area contributed by atoms with Gasteiger partial charge in [0.2, 0.25) is 0 Å². The summed E-state index contributed by atoms with van der Waals surface area (Å²) < 4.78 is 56.7. The topological polar surface area (TPSA) is 145 Å². The second-order valence-electron chi connectivity index (χ2n) is 13.4. The van der Waals surface area contributed by atoms with Crippen molar-refractivity contribution in [3.05, 3.63) is 57.2 Å². The molecule has 5 rings (SSSR count). The van der Waals surface area contributed by atoms with Crippen LogP contribution in [0.2, 0.25) is 0 Å². The first-order valence-corrected chi connectivity index (χ1v) is 16.8. The van der Waals surface area contributed by atoms with Crippen LogP contribution in [0, 0.1) is 0 Å². The number of phenolic OH excluding ortho intramolecular Hbond substituents is 1. The number of alkyl halides is 3. The maximum atomic E-state index is 13.2. The number of hydrogen-bond donors (Lipinski definition) is 3. The fourth-order valence-electron chi connectivity index (χ4n) is 6.03. The molecule has 2 fully saturated rings. The number of benzene rings is 2. The number of amides is 2. The minimum atomic E-state index is -4.90. The molecule has 0 bridgehead atoms. The number of aromatic hydroxyl groups is 1. The van der Waals surface area contributed by atoms with Crippen LogP contribution >= 0.6 is 11.3 Å². The zero-order valence-electron chi connectivity index (χ0n) is 27.5. The standard InChI is InChI=1S/C33H41F3N4O8S/c1-31(2,3)48-30(45)40(19-25(42)23-8-9-24(41)26-27(23)49-29(44)37-26)18-21-4-6-22(7-5-21)46-16-14-38-12-10-32(11-13-38)20-39(15-17-47-32)28(43)33(34,35)36/h4-9,25,41-42H,10-20H2,1-3H3,(H,37,44). The number of carbonyl (C=O) groups excluding carboxylic acids is 2. The van der Waals surface area contributed by atoms with Gasteiger partial charge in [0.1, 0.15) is 29.2 Å². The lowest BCUT2D eigenvalue weighted by molar-refractivity contribution is -0.200. The lowest BCUT2D eigenvalue weighted by atomic mass is 9.89. The van der Waals surface area contributed by atoms with Crippen molar-refractivity contribution in [3.8, 4) is 11.5 Å². The van der Waals surface area contributed by atoms with Gasteiger partial charge in [-0.1, -0.05) is 29.5 Å². The van der Waals surface area contributed by atoms with E-state index < -0.39 is 35.5 Å². The summed E-state index contributed by atoms with van der Waals surface area (Å²) in [5, 5.41) is 21.3. The van der Waals surface area contributed by atoms with Gasteiger partial charge in [-0.2, -0.15) is 13.2 Å². The highest BCUT2D eigenvalue weighted by Gasteiger charge is 2.48. The molecule has 12 nitrogen and oxygen atoms in total. The molecule has 1 atom stereocenters. The van der Waals surface area contributed by atoms with E-state index in [9.17, 15) is 37.8 Å². The molecule has 268 valence electrons. The maximum absolute atomic E-state index is 13.2. The molecule has 2 aliphatic heterocycles. The van der Waals surface area contributed by atoms with Gasteiger partial charge in [-0.05, 0) is 57.4 Å². The van der Waals surface area contributed by atoms with Gasteiger partial charge >= 0.3 is 23.0 Å². The van der Waals surface area contributed by atoms with Crippen molar-refractivity contribution in [1.82, 2.24) is 19.7 Å². The smallest absolute Gasteiger partial charge is 0.471 e. The Kier molecular flexibility index (Phi) is 10.8. The molecular weight excluding hydrogens is 669 g/mol. The molecule has 2 saturated heterocycles. The number of fused-ring (bicyclic) bond motifs is 1. The number of halogens is 3. The third-order valence-corrected chi connectivity index (χ3v) is 9.44. The normalized spacial score (nSPS) is 17.7. The maximum Gasteiger partial charge on any atom is 0.471 e. The number of rotatable bonds is 9. The SMILES string of the molecule is CC(C)(C)OC(=O)N(Cc1ccc(OCCN2CCC3(CC2)CN(C(=O)C(F)(F)F)CCO3)cc1)CC(O)c1ccc(O)c2[nH]c(=O)sc12. The van der Waals surface area contributed by atoms with Crippen LogP contribution in [0.15, 0.2) is 41.2 Å². The Hall–Kier alpha value is -3.86. The highest BCUT2D eigenvalue weighted by atomic mass is 32.1. The predicted octanol–water partition coefficient (Wildman–Crippen LogP) is 4.40. The highest BCUT2D eigenvalue weighted by Crippen LogP contribution is 2.33. The van der Waals surface area contributed by atoms with Crippen LogP contribution in [0.3, 0.4) is 0 Å². The van der Waals surface area contributed by atoms with E-state index >= 15 is 0 Å². The van der Waals surface area contributed by atoms with Crippen LogP contribution in [-0.4, -0.2) is 112 Å². The Balaban J connectivity index is 1.14. The molecule has 1 unspecified atom stereocenters. The number of carbonyl (C=O) groups is 2. The summed E-state index contributed by atoms with van der Waals surface area (Å²) in [6.07, 6.45) is -5.69. The predicted molar refractivity (Wildman–Crippen MR) is 175 cm³/mol. The largest absolute Gasteiger partial charge is 0.506 e. The van der Waals surface area contributed by atoms with Gasteiger partial charge in [0.25, 0.3) is 0 Å². The number of thiazole rings is 1. The average Bonchev–Trinajstić information content (AvgIpc) is 3.43. The second kappa shape index (κ2) is 14.5. The van der Waals surface area contributed by atoms with E-state index in [4.69, 9.17) is 14.2 Å². The number of H-pyrrole nitrogens is 1. The number of hydrogen-bond acceptors (Lipinski definition) is 10. The molecule has 1 spiro atoms. The third kappa shape index (κ3) is 9.23. The summed E-state index contributed by atoms with van der Waals surface area (Å²) in [6, 6.07) is 10.0. The van der Waals surface area contributed by atoms with Gasteiger partial charge in [0, 0.05) is 38.3 Å². The molecule has 2 amide bonds. The molecule has 16 heteroatoms. The molecule has 0 radical (unpaired) electrons. The number of aromatic amines is 1. The van der Waals surface area contributed by atoms with E-state index in [1.807, 2.05) is 0 Å². The van der Waals surface area contributed by atoms with Crippen molar-refractivity contribution in [2.75, 3.05) is 52.5 Å². The molecule has 2 aliphatic rings. The number of aromatic nitrogens is 1. The Morgan fingerprint density at radius 2 is 1.80 bits per heavy atom. The number of nitrogens with zero attached hydrogens (tertiary/aromatic N) is 3. The van der Waals surface area contributed by atoms with E-state index in [0.717, 1.165) is 21.8 Å². The van der Waals surface area contributed by atoms with Crippen molar-refractivity contribution in [2.24, 2.45) is 0 Å². The molecule has 0 aliphatic carbocycles. The number of piperidine rings is 1. The Morgan fingerprint density at radius 3 is 2.45 bits per heavy atom. The van der Waals surface area contributed by atoms with Crippen LogP contribution < -0.4 is 9.61 Å². The van der Waals surface area contributed by atoms with Gasteiger partial charge in [-0.3, -0.25) is 14.5 Å². The van der Waals surface area contributed by atoms with Crippen molar-refractivity contribution in [3.63, 3.8) is 0 Å². The van der Waals surface area contributed by atoms with E-state index in [1.54, 1.807) is 45.0 Å². The molecule has 1 aromatic heterocycles. The van der Waals surface area contributed by atoms with E-state index in [0.29, 0.717) is 55.1 Å². The summed E-state index contributed by atoms with van der Waals surface area (Å²) in [5.41, 5.74) is -0.187. The fourth-order valence-corrected chi connectivity index (χ4v) is 6.95. The lowest BCUT2D eigenvalue weighted by Crippen LogP contribution is -2.59. The Morgan fingerprint density at radius 1 is 1.10 bits per heavy atom.